The minimum Gasteiger partial charge on any atom is -0.497 e. The normalized spacial score (nSPS) is 13.2. The average molecular weight is 384 g/mol. The van der Waals surface area contributed by atoms with Crippen LogP contribution in [0.4, 0.5) is 4.39 Å². The molecule has 148 valence electrons. The zero-order valence-electron chi connectivity index (χ0n) is 16.3. The number of amides is 1. The highest BCUT2D eigenvalue weighted by Crippen LogP contribution is 2.22. The highest BCUT2D eigenvalue weighted by molar-refractivity contribution is 5.94. The van der Waals surface area contributed by atoms with Gasteiger partial charge in [0.2, 0.25) is 0 Å². The molecule has 2 aromatic carbocycles. The number of benzene rings is 2. The maximum absolute atomic E-state index is 14.1. The number of aryl methyl sites for hydroxylation is 1. The van der Waals surface area contributed by atoms with E-state index < -0.39 is 0 Å². The second-order valence-corrected chi connectivity index (χ2v) is 6.76. The Morgan fingerprint density at radius 1 is 1.11 bits per heavy atom. The minimum atomic E-state index is -0.285. The Kier molecular flexibility index (Phi) is 6.63. The van der Waals surface area contributed by atoms with Crippen molar-refractivity contribution in [2.45, 2.75) is 32.2 Å². The van der Waals surface area contributed by atoms with Crippen molar-refractivity contribution in [3.63, 3.8) is 0 Å². The Balaban J connectivity index is 1.64. The first-order chi connectivity index (χ1) is 13.6. The molecule has 0 aromatic heterocycles. The van der Waals surface area contributed by atoms with Gasteiger partial charge in [-0.2, -0.15) is 0 Å². The van der Waals surface area contributed by atoms with Crippen molar-refractivity contribution in [2.75, 3.05) is 20.8 Å². The molecule has 3 rings (SSSR count). The first-order valence-corrected chi connectivity index (χ1v) is 9.40. The van der Waals surface area contributed by atoms with E-state index in [1.807, 2.05) is 12.1 Å². The Hall–Kier alpha value is -2.89. The fourth-order valence-corrected chi connectivity index (χ4v) is 3.24. The predicted molar refractivity (Wildman–Crippen MR) is 107 cm³/mol. The maximum atomic E-state index is 14.1. The number of carbonyl (C=O) groups is 1. The zero-order chi connectivity index (χ0) is 19.9. The summed E-state index contributed by atoms with van der Waals surface area (Å²) in [7, 11) is 3.16. The summed E-state index contributed by atoms with van der Waals surface area (Å²) in [5, 5.41) is 2.87. The van der Waals surface area contributed by atoms with Crippen molar-refractivity contribution < 1.29 is 18.7 Å². The summed E-state index contributed by atoms with van der Waals surface area (Å²) >= 11 is 0. The molecule has 0 saturated heterocycles. The second kappa shape index (κ2) is 9.35. The van der Waals surface area contributed by atoms with Gasteiger partial charge in [0.25, 0.3) is 5.91 Å². The molecule has 0 atom stereocenters. The third kappa shape index (κ3) is 5.09. The van der Waals surface area contributed by atoms with Crippen LogP contribution in [0.15, 0.2) is 41.4 Å². The van der Waals surface area contributed by atoms with Gasteiger partial charge < -0.3 is 14.8 Å². The number of rotatable bonds is 8. The van der Waals surface area contributed by atoms with E-state index in [0.717, 1.165) is 37.1 Å². The van der Waals surface area contributed by atoms with Crippen LogP contribution in [0.5, 0.6) is 11.5 Å². The van der Waals surface area contributed by atoms with E-state index in [1.165, 1.54) is 12.1 Å². The molecular weight excluding hydrogens is 359 g/mol. The summed E-state index contributed by atoms with van der Waals surface area (Å²) in [5.74, 6) is 0.777. The molecule has 0 aliphatic carbocycles. The smallest absolute Gasteiger partial charge is 0.251 e. The van der Waals surface area contributed by atoms with E-state index in [4.69, 9.17) is 9.47 Å². The Bertz CT molecular complexity index is 858. The number of halogens is 1. The number of nitrogens with one attached hydrogen (secondary N) is 1. The van der Waals surface area contributed by atoms with Gasteiger partial charge in [-0.1, -0.05) is 0 Å². The lowest BCUT2D eigenvalue weighted by molar-refractivity contribution is 0.0950. The van der Waals surface area contributed by atoms with Gasteiger partial charge in [-0.05, 0) is 67.1 Å². The van der Waals surface area contributed by atoms with E-state index in [2.05, 4.69) is 10.3 Å². The molecule has 1 aliphatic heterocycles. The fraction of sp³-hybridized carbons (Fsp3) is 0.364. The van der Waals surface area contributed by atoms with Crippen LogP contribution in [-0.2, 0) is 13.0 Å². The third-order valence-corrected chi connectivity index (χ3v) is 4.81. The Labute approximate surface area is 164 Å². The monoisotopic (exact) mass is 384 g/mol. The van der Waals surface area contributed by atoms with Crippen molar-refractivity contribution in [2.24, 2.45) is 4.99 Å². The van der Waals surface area contributed by atoms with Gasteiger partial charge in [0.15, 0.2) is 0 Å². The second-order valence-electron chi connectivity index (χ2n) is 6.76. The molecule has 0 spiro atoms. The van der Waals surface area contributed by atoms with Crippen LogP contribution in [0.2, 0.25) is 0 Å². The van der Waals surface area contributed by atoms with Gasteiger partial charge in [-0.15, -0.1) is 0 Å². The summed E-state index contributed by atoms with van der Waals surface area (Å²) in [6, 6.07) is 9.93. The van der Waals surface area contributed by atoms with Gasteiger partial charge >= 0.3 is 0 Å². The summed E-state index contributed by atoms with van der Waals surface area (Å²) in [4.78, 5) is 17.0. The summed E-state index contributed by atoms with van der Waals surface area (Å²) in [6.45, 7) is 1.19. The molecule has 0 fully saturated rings. The standard InChI is InChI=1S/C22H25FN2O3/c1-27-19-10-15(11-20(13-19)28-2)14-25-22(26)17-6-8-21(23)16(12-17)5-7-18-4-3-9-24-18/h6,8,10-13H,3-5,7,9,14H2,1-2H3,(H,25,26). The Morgan fingerprint density at radius 3 is 2.50 bits per heavy atom. The number of hydrogen-bond acceptors (Lipinski definition) is 4. The lowest BCUT2D eigenvalue weighted by Crippen LogP contribution is -2.23. The summed E-state index contributed by atoms with van der Waals surface area (Å²) in [5.41, 5.74) is 2.98. The van der Waals surface area contributed by atoms with Crippen LogP contribution in [-0.4, -0.2) is 32.4 Å². The topological polar surface area (TPSA) is 59.9 Å². The first kappa shape index (κ1) is 19.9. The molecule has 28 heavy (non-hydrogen) atoms. The molecule has 1 aliphatic rings. The van der Waals surface area contributed by atoms with E-state index in [0.29, 0.717) is 35.6 Å². The van der Waals surface area contributed by atoms with Crippen molar-refractivity contribution in [1.29, 1.82) is 0 Å². The van der Waals surface area contributed by atoms with Crippen LogP contribution < -0.4 is 14.8 Å². The van der Waals surface area contributed by atoms with Gasteiger partial charge in [-0.3, -0.25) is 9.79 Å². The van der Waals surface area contributed by atoms with E-state index in [9.17, 15) is 9.18 Å². The molecule has 0 bridgehead atoms. The maximum Gasteiger partial charge on any atom is 0.251 e. The van der Waals surface area contributed by atoms with E-state index in [1.54, 1.807) is 26.4 Å². The summed E-state index contributed by atoms with van der Waals surface area (Å²) < 4.78 is 24.6. The largest absolute Gasteiger partial charge is 0.497 e. The molecule has 1 N–H and O–H groups in total. The van der Waals surface area contributed by atoms with Crippen molar-refractivity contribution in [1.82, 2.24) is 5.32 Å². The number of nitrogens with zero attached hydrogens (tertiary/aromatic N) is 1. The number of aliphatic imine (C=N–C) groups is 1. The van der Waals surface area contributed by atoms with E-state index >= 15 is 0 Å². The highest BCUT2D eigenvalue weighted by Gasteiger charge is 2.12. The van der Waals surface area contributed by atoms with Gasteiger partial charge in [0.1, 0.15) is 17.3 Å². The van der Waals surface area contributed by atoms with Crippen molar-refractivity contribution in [3.8, 4) is 11.5 Å². The van der Waals surface area contributed by atoms with Gasteiger partial charge in [0.05, 0.1) is 14.2 Å². The average Bonchev–Trinajstić information content (AvgIpc) is 3.24. The predicted octanol–water partition coefficient (Wildman–Crippen LogP) is 3.94. The minimum absolute atomic E-state index is 0.249. The van der Waals surface area contributed by atoms with Crippen molar-refractivity contribution in [3.05, 3.63) is 58.9 Å². The molecular formula is C22H25FN2O3. The van der Waals surface area contributed by atoms with Crippen LogP contribution >= 0.6 is 0 Å². The fourth-order valence-electron chi connectivity index (χ4n) is 3.24. The van der Waals surface area contributed by atoms with Crippen LogP contribution in [0.25, 0.3) is 0 Å². The molecule has 1 heterocycles. The molecule has 0 radical (unpaired) electrons. The zero-order valence-corrected chi connectivity index (χ0v) is 16.3. The molecule has 5 nitrogen and oxygen atoms in total. The number of ether oxygens (including phenoxy) is 2. The van der Waals surface area contributed by atoms with Gasteiger partial charge in [0, 0.05) is 30.4 Å². The lowest BCUT2D eigenvalue weighted by Gasteiger charge is -2.11. The number of hydrogen-bond donors (Lipinski definition) is 1. The first-order valence-electron chi connectivity index (χ1n) is 9.40. The summed E-state index contributed by atoms with van der Waals surface area (Å²) in [6.07, 6.45) is 3.37. The molecule has 6 heteroatoms. The Morgan fingerprint density at radius 2 is 1.86 bits per heavy atom. The number of methoxy groups -OCH3 is 2. The molecule has 2 aromatic rings. The SMILES string of the molecule is COc1cc(CNC(=O)c2ccc(F)c(CCC3=NCCC3)c2)cc(OC)c1. The van der Waals surface area contributed by atoms with Crippen molar-refractivity contribution >= 4 is 11.6 Å². The highest BCUT2D eigenvalue weighted by atomic mass is 19.1. The molecule has 1 amide bonds. The van der Waals surface area contributed by atoms with Gasteiger partial charge in [-0.25, -0.2) is 4.39 Å². The molecule has 0 unspecified atom stereocenters. The molecule has 0 saturated carbocycles. The van der Waals surface area contributed by atoms with E-state index in [-0.39, 0.29) is 11.7 Å². The lowest BCUT2D eigenvalue weighted by atomic mass is 10.0. The third-order valence-electron chi connectivity index (χ3n) is 4.81. The van der Waals surface area contributed by atoms with Crippen LogP contribution in [0.1, 0.15) is 40.7 Å². The number of carbonyl (C=O) groups excluding carboxylic acids is 1. The quantitative estimate of drug-likeness (QED) is 0.750. The van der Waals surface area contributed by atoms with Crippen LogP contribution in [0.3, 0.4) is 0 Å². The van der Waals surface area contributed by atoms with Crippen LogP contribution in [0, 0.1) is 5.82 Å².